The van der Waals surface area contributed by atoms with E-state index in [4.69, 9.17) is 0 Å². The van der Waals surface area contributed by atoms with Crippen LogP contribution in [0.25, 0.3) is 11.2 Å². The van der Waals surface area contributed by atoms with Crippen LogP contribution in [0, 0.1) is 0 Å². The van der Waals surface area contributed by atoms with Gasteiger partial charge < -0.3 is 4.90 Å². The highest BCUT2D eigenvalue weighted by molar-refractivity contribution is 7.08. The zero-order valence-corrected chi connectivity index (χ0v) is 14.1. The number of carbonyl (C=O) groups excluding carboxylic acids is 1. The molecule has 7 nitrogen and oxygen atoms in total. The van der Waals surface area contributed by atoms with Crippen LogP contribution >= 0.6 is 11.3 Å². The molecule has 3 aromatic rings. The summed E-state index contributed by atoms with van der Waals surface area (Å²) in [4.78, 5) is 35.4. The van der Waals surface area contributed by atoms with Crippen molar-refractivity contribution < 1.29 is 4.79 Å². The first-order valence-corrected chi connectivity index (χ1v) is 8.79. The number of nitrogens with zero attached hydrogens (tertiary/aromatic N) is 5. The molecule has 0 spiro atoms. The summed E-state index contributed by atoms with van der Waals surface area (Å²) in [7, 11) is 1.72. The number of imidazole rings is 1. The van der Waals surface area contributed by atoms with Crippen LogP contribution in [-0.2, 0) is 7.05 Å². The molecular formula is C16H17N5O2S. The molecule has 1 aliphatic rings. The average molecular weight is 343 g/mol. The lowest BCUT2D eigenvalue weighted by molar-refractivity contribution is 0.0679. The number of fused-ring (bicyclic) bond motifs is 1. The van der Waals surface area contributed by atoms with Crippen LogP contribution in [-0.4, -0.2) is 43.0 Å². The van der Waals surface area contributed by atoms with Crippen molar-refractivity contribution in [2.75, 3.05) is 13.1 Å². The molecule has 0 saturated carbocycles. The van der Waals surface area contributed by atoms with Gasteiger partial charge in [0.05, 0.1) is 17.8 Å². The smallest absolute Gasteiger partial charge is 0.330 e. The molecule has 0 bridgehead atoms. The predicted octanol–water partition coefficient (Wildman–Crippen LogP) is 1.67. The Morgan fingerprint density at radius 2 is 2.29 bits per heavy atom. The summed E-state index contributed by atoms with van der Waals surface area (Å²) in [5, 5.41) is 3.77. The summed E-state index contributed by atoms with van der Waals surface area (Å²) in [5.74, 6) is 0.0314. The highest BCUT2D eigenvalue weighted by atomic mass is 32.1. The van der Waals surface area contributed by atoms with Crippen molar-refractivity contribution in [3.63, 3.8) is 0 Å². The Labute approximate surface area is 142 Å². The lowest BCUT2D eigenvalue weighted by Gasteiger charge is -2.33. The fourth-order valence-corrected chi connectivity index (χ4v) is 3.97. The summed E-state index contributed by atoms with van der Waals surface area (Å²) >= 11 is 1.51. The van der Waals surface area contributed by atoms with Gasteiger partial charge in [0.1, 0.15) is 11.8 Å². The number of aromatic nitrogens is 4. The molecule has 124 valence electrons. The molecule has 0 radical (unpaired) electrons. The number of piperidine rings is 1. The third kappa shape index (κ3) is 2.34. The van der Waals surface area contributed by atoms with Gasteiger partial charge in [-0.2, -0.15) is 11.3 Å². The first-order chi connectivity index (χ1) is 11.7. The van der Waals surface area contributed by atoms with Crippen LogP contribution in [0.5, 0.6) is 0 Å². The van der Waals surface area contributed by atoms with Crippen molar-refractivity contribution in [2.24, 2.45) is 7.05 Å². The number of amides is 1. The van der Waals surface area contributed by atoms with Crippen LogP contribution in [0.15, 0.2) is 34.1 Å². The highest BCUT2D eigenvalue weighted by Crippen LogP contribution is 2.25. The maximum absolute atomic E-state index is 12.6. The van der Waals surface area contributed by atoms with Gasteiger partial charge in [-0.15, -0.1) is 0 Å². The molecule has 1 fully saturated rings. The van der Waals surface area contributed by atoms with E-state index in [0.717, 1.165) is 19.4 Å². The Hall–Kier alpha value is -2.48. The zero-order valence-electron chi connectivity index (χ0n) is 13.3. The molecule has 1 atom stereocenters. The van der Waals surface area contributed by atoms with Crippen molar-refractivity contribution >= 4 is 28.4 Å². The van der Waals surface area contributed by atoms with Crippen LogP contribution in [0.2, 0.25) is 0 Å². The summed E-state index contributed by atoms with van der Waals surface area (Å²) in [6.45, 7) is 1.25. The molecule has 3 aromatic heterocycles. The number of rotatable bonds is 2. The van der Waals surface area contributed by atoms with Gasteiger partial charge in [-0.25, -0.2) is 14.8 Å². The molecule has 4 rings (SSSR count). The quantitative estimate of drug-likeness (QED) is 0.709. The monoisotopic (exact) mass is 343 g/mol. The minimum absolute atomic E-state index is 0.0314. The lowest BCUT2D eigenvalue weighted by Crippen LogP contribution is -2.42. The molecule has 4 heterocycles. The second-order valence-electron chi connectivity index (χ2n) is 6.00. The fraction of sp³-hybridized carbons (Fsp3) is 0.375. The Kier molecular flexibility index (Phi) is 3.68. The SMILES string of the molecule is Cn1c(=O)n([C@H]2CCCN(C(=O)c3ccsc3)C2)c2ncncc21. The topological polar surface area (TPSA) is 73.0 Å². The van der Waals surface area contributed by atoms with Gasteiger partial charge in [-0.1, -0.05) is 0 Å². The molecule has 1 saturated heterocycles. The Balaban J connectivity index is 1.69. The van der Waals surface area contributed by atoms with Gasteiger partial charge >= 0.3 is 5.69 Å². The van der Waals surface area contributed by atoms with Gasteiger partial charge in [0.25, 0.3) is 5.91 Å². The third-order valence-electron chi connectivity index (χ3n) is 4.57. The first-order valence-electron chi connectivity index (χ1n) is 7.85. The van der Waals surface area contributed by atoms with Gasteiger partial charge in [0.2, 0.25) is 0 Å². The third-order valence-corrected chi connectivity index (χ3v) is 5.26. The molecule has 0 unspecified atom stereocenters. The van der Waals surface area contributed by atoms with Gasteiger partial charge in [-0.3, -0.25) is 13.9 Å². The Bertz CT molecular complexity index is 943. The molecule has 0 N–H and O–H groups in total. The fourth-order valence-electron chi connectivity index (χ4n) is 3.34. The molecule has 1 aliphatic heterocycles. The molecule has 24 heavy (non-hydrogen) atoms. The maximum Gasteiger partial charge on any atom is 0.330 e. The van der Waals surface area contributed by atoms with E-state index >= 15 is 0 Å². The number of likely N-dealkylation sites (tertiary alicyclic amines) is 1. The molecule has 0 aliphatic carbocycles. The van der Waals surface area contributed by atoms with Crippen LogP contribution in [0.3, 0.4) is 0 Å². The van der Waals surface area contributed by atoms with Gasteiger partial charge in [0.15, 0.2) is 5.65 Å². The van der Waals surface area contributed by atoms with E-state index in [2.05, 4.69) is 9.97 Å². The second-order valence-corrected chi connectivity index (χ2v) is 6.78. The van der Waals surface area contributed by atoms with E-state index in [-0.39, 0.29) is 17.6 Å². The number of aryl methyl sites for hydroxylation is 1. The number of hydrogen-bond acceptors (Lipinski definition) is 5. The standard InChI is InChI=1S/C16H17N5O2S/c1-19-13-7-17-10-18-14(13)21(16(19)23)12-3-2-5-20(8-12)15(22)11-4-6-24-9-11/h4,6-7,9-10,12H,2-3,5,8H2,1H3/t12-/m0/s1. The summed E-state index contributed by atoms with van der Waals surface area (Å²) < 4.78 is 3.28. The van der Waals surface area contributed by atoms with Gasteiger partial charge in [0, 0.05) is 25.5 Å². The van der Waals surface area contributed by atoms with E-state index in [1.807, 2.05) is 21.7 Å². The van der Waals surface area contributed by atoms with E-state index in [1.54, 1.807) is 22.4 Å². The molecular weight excluding hydrogens is 326 g/mol. The summed E-state index contributed by atoms with van der Waals surface area (Å²) in [6.07, 6.45) is 4.83. The van der Waals surface area contributed by atoms with Gasteiger partial charge in [-0.05, 0) is 24.3 Å². The normalized spacial score (nSPS) is 18.2. The maximum atomic E-state index is 12.6. The van der Waals surface area contributed by atoms with Crippen molar-refractivity contribution in [3.05, 3.63) is 45.4 Å². The van der Waals surface area contributed by atoms with E-state index in [1.165, 1.54) is 17.7 Å². The Morgan fingerprint density at radius 3 is 3.08 bits per heavy atom. The number of hydrogen-bond donors (Lipinski definition) is 0. The molecule has 0 aromatic carbocycles. The van der Waals surface area contributed by atoms with Crippen molar-refractivity contribution in [2.45, 2.75) is 18.9 Å². The van der Waals surface area contributed by atoms with Crippen LogP contribution < -0.4 is 5.69 Å². The summed E-state index contributed by atoms with van der Waals surface area (Å²) in [6, 6.07) is 1.78. The van der Waals surface area contributed by atoms with Crippen LogP contribution in [0.1, 0.15) is 29.2 Å². The second kappa shape index (κ2) is 5.86. The molecule has 8 heteroatoms. The summed E-state index contributed by atoms with van der Waals surface area (Å²) in [5.41, 5.74) is 1.95. The van der Waals surface area contributed by atoms with E-state index in [9.17, 15) is 9.59 Å². The van der Waals surface area contributed by atoms with E-state index in [0.29, 0.717) is 23.3 Å². The highest BCUT2D eigenvalue weighted by Gasteiger charge is 2.28. The van der Waals surface area contributed by atoms with Crippen molar-refractivity contribution in [1.29, 1.82) is 0 Å². The zero-order chi connectivity index (χ0) is 16.7. The molecule has 1 amide bonds. The Morgan fingerprint density at radius 1 is 1.42 bits per heavy atom. The number of thiophene rings is 1. The lowest BCUT2D eigenvalue weighted by atomic mass is 10.0. The minimum atomic E-state index is -0.111. The first kappa shape index (κ1) is 15.1. The minimum Gasteiger partial charge on any atom is -0.337 e. The van der Waals surface area contributed by atoms with Crippen molar-refractivity contribution in [1.82, 2.24) is 24.0 Å². The predicted molar refractivity (Wildman–Crippen MR) is 91.3 cm³/mol. The van der Waals surface area contributed by atoms with Crippen molar-refractivity contribution in [3.8, 4) is 0 Å². The largest absolute Gasteiger partial charge is 0.337 e. The van der Waals surface area contributed by atoms with Crippen LogP contribution in [0.4, 0.5) is 0 Å². The van der Waals surface area contributed by atoms with E-state index < -0.39 is 0 Å². The number of carbonyl (C=O) groups is 1. The average Bonchev–Trinajstić information content (AvgIpc) is 3.23.